The SMILES string of the molecule is Cc1ccc(CNC(=O)C2CCN(C(=O)C[C@@H]3C[C@H]4CC[C@H]3C4)CC2)cc1F. The van der Waals surface area contributed by atoms with E-state index >= 15 is 0 Å². The van der Waals surface area contributed by atoms with E-state index in [0.29, 0.717) is 37.5 Å². The molecule has 152 valence electrons. The van der Waals surface area contributed by atoms with Gasteiger partial charge in [-0.15, -0.1) is 0 Å². The van der Waals surface area contributed by atoms with Crippen LogP contribution in [0.2, 0.25) is 0 Å². The number of benzene rings is 1. The first kappa shape index (κ1) is 19.4. The number of amides is 2. The molecule has 4 nitrogen and oxygen atoms in total. The Kier molecular flexibility index (Phi) is 5.70. The highest BCUT2D eigenvalue weighted by molar-refractivity contribution is 5.80. The van der Waals surface area contributed by atoms with Gasteiger partial charge in [0.2, 0.25) is 11.8 Å². The van der Waals surface area contributed by atoms with Crippen molar-refractivity contribution in [2.45, 2.75) is 58.4 Å². The first-order chi connectivity index (χ1) is 13.5. The number of rotatable bonds is 5. The second-order valence-electron chi connectivity index (χ2n) is 9.10. The number of carbonyl (C=O) groups excluding carboxylic acids is 2. The fraction of sp³-hybridized carbons (Fsp3) is 0.652. The van der Waals surface area contributed by atoms with Gasteiger partial charge in [-0.05, 0) is 74.0 Å². The predicted molar refractivity (Wildman–Crippen MR) is 106 cm³/mol. The summed E-state index contributed by atoms with van der Waals surface area (Å²) < 4.78 is 13.6. The van der Waals surface area contributed by atoms with E-state index in [1.165, 1.54) is 31.7 Å². The van der Waals surface area contributed by atoms with Crippen molar-refractivity contribution in [1.82, 2.24) is 10.2 Å². The van der Waals surface area contributed by atoms with Gasteiger partial charge in [0.15, 0.2) is 0 Å². The number of fused-ring (bicyclic) bond motifs is 2. The number of likely N-dealkylation sites (tertiary alicyclic amines) is 1. The number of hydrogen-bond acceptors (Lipinski definition) is 2. The van der Waals surface area contributed by atoms with Crippen molar-refractivity contribution >= 4 is 11.8 Å². The van der Waals surface area contributed by atoms with E-state index in [0.717, 1.165) is 30.2 Å². The zero-order valence-corrected chi connectivity index (χ0v) is 16.8. The molecule has 3 atom stereocenters. The average Bonchev–Trinajstić information content (AvgIpc) is 3.32. The van der Waals surface area contributed by atoms with Crippen LogP contribution in [-0.2, 0) is 16.1 Å². The molecule has 0 spiro atoms. The van der Waals surface area contributed by atoms with Crippen molar-refractivity contribution < 1.29 is 14.0 Å². The van der Waals surface area contributed by atoms with Crippen LogP contribution in [0.4, 0.5) is 4.39 Å². The lowest BCUT2D eigenvalue weighted by Crippen LogP contribution is -2.43. The molecule has 2 saturated carbocycles. The van der Waals surface area contributed by atoms with Crippen molar-refractivity contribution in [3.05, 3.63) is 35.1 Å². The maximum atomic E-state index is 13.6. The number of piperidine rings is 1. The zero-order chi connectivity index (χ0) is 19.7. The normalized spacial score (nSPS) is 27.2. The van der Waals surface area contributed by atoms with Crippen molar-refractivity contribution in [2.75, 3.05) is 13.1 Å². The summed E-state index contributed by atoms with van der Waals surface area (Å²) in [6.07, 6.45) is 7.41. The van der Waals surface area contributed by atoms with Gasteiger partial charge in [0.05, 0.1) is 0 Å². The molecule has 1 aromatic carbocycles. The van der Waals surface area contributed by atoms with E-state index in [9.17, 15) is 14.0 Å². The second-order valence-corrected chi connectivity index (χ2v) is 9.10. The maximum Gasteiger partial charge on any atom is 0.223 e. The molecule has 0 radical (unpaired) electrons. The molecule has 4 rings (SSSR count). The molecule has 1 aliphatic heterocycles. The fourth-order valence-corrected chi connectivity index (χ4v) is 5.45. The number of nitrogens with zero attached hydrogens (tertiary/aromatic N) is 1. The Hall–Kier alpha value is -1.91. The lowest BCUT2D eigenvalue weighted by Gasteiger charge is -2.33. The van der Waals surface area contributed by atoms with E-state index < -0.39 is 0 Å². The maximum absolute atomic E-state index is 13.6. The summed E-state index contributed by atoms with van der Waals surface area (Å²) in [5.74, 6) is 2.26. The minimum Gasteiger partial charge on any atom is -0.352 e. The smallest absolute Gasteiger partial charge is 0.223 e. The Morgan fingerprint density at radius 1 is 1.14 bits per heavy atom. The van der Waals surface area contributed by atoms with Gasteiger partial charge in [-0.25, -0.2) is 4.39 Å². The minimum absolute atomic E-state index is 0.0150. The molecule has 0 unspecified atom stereocenters. The molecule has 2 amide bonds. The molecule has 1 saturated heterocycles. The van der Waals surface area contributed by atoms with Crippen molar-refractivity contribution in [3.8, 4) is 0 Å². The Balaban J connectivity index is 1.20. The largest absolute Gasteiger partial charge is 0.352 e. The summed E-state index contributed by atoms with van der Waals surface area (Å²) in [7, 11) is 0. The van der Waals surface area contributed by atoms with Gasteiger partial charge in [-0.2, -0.15) is 0 Å². The van der Waals surface area contributed by atoms with Crippen LogP contribution in [0.3, 0.4) is 0 Å². The Bertz CT molecular complexity index is 742. The zero-order valence-electron chi connectivity index (χ0n) is 16.8. The van der Waals surface area contributed by atoms with Gasteiger partial charge < -0.3 is 10.2 Å². The molecule has 3 aliphatic rings. The van der Waals surface area contributed by atoms with Crippen LogP contribution in [0.25, 0.3) is 0 Å². The average molecular weight is 387 g/mol. The molecule has 1 N–H and O–H groups in total. The van der Waals surface area contributed by atoms with Crippen LogP contribution in [0.1, 0.15) is 56.1 Å². The number of hydrogen-bond donors (Lipinski definition) is 1. The fourth-order valence-electron chi connectivity index (χ4n) is 5.45. The number of halogens is 1. The van der Waals surface area contributed by atoms with Gasteiger partial charge in [0.1, 0.15) is 5.82 Å². The van der Waals surface area contributed by atoms with Crippen LogP contribution in [-0.4, -0.2) is 29.8 Å². The van der Waals surface area contributed by atoms with Crippen LogP contribution in [0, 0.1) is 36.4 Å². The number of aryl methyl sites for hydroxylation is 1. The third kappa shape index (κ3) is 4.23. The first-order valence-electron chi connectivity index (χ1n) is 10.8. The highest BCUT2D eigenvalue weighted by atomic mass is 19.1. The summed E-state index contributed by atoms with van der Waals surface area (Å²) >= 11 is 0. The minimum atomic E-state index is -0.242. The Labute approximate surface area is 166 Å². The third-order valence-corrected chi connectivity index (χ3v) is 7.24. The molecule has 28 heavy (non-hydrogen) atoms. The lowest BCUT2D eigenvalue weighted by molar-refractivity contribution is -0.136. The van der Waals surface area contributed by atoms with Crippen molar-refractivity contribution in [1.29, 1.82) is 0 Å². The topological polar surface area (TPSA) is 49.4 Å². The molecule has 1 aromatic rings. The van der Waals surface area contributed by atoms with Crippen LogP contribution >= 0.6 is 0 Å². The van der Waals surface area contributed by atoms with Gasteiger partial charge in [-0.1, -0.05) is 18.6 Å². The van der Waals surface area contributed by atoms with E-state index in [1.54, 1.807) is 13.0 Å². The Morgan fingerprint density at radius 3 is 2.57 bits per heavy atom. The molecule has 3 fully saturated rings. The van der Waals surface area contributed by atoms with Crippen LogP contribution < -0.4 is 5.32 Å². The van der Waals surface area contributed by atoms with E-state index in [4.69, 9.17) is 0 Å². The number of nitrogens with one attached hydrogen (secondary N) is 1. The molecule has 2 aliphatic carbocycles. The van der Waals surface area contributed by atoms with Crippen LogP contribution in [0.15, 0.2) is 18.2 Å². The highest BCUT2D eigenvalue weighted by Gasteiger charge is 2.41. The van der Waals surface area contributed by atoms with Crippen LogP contribution in [0.5, 0.6) is 0 Å². The summed E-state index contributed by atoms with van der Waals surface area (Å²) in [5.41, 5.74) is 1.38. The Morgan fingerprint density at radius 2 is 1.93 bits per heavy atom. The van der Waals surface area contributed by atoms with Gasteiger partial charge >= 0.3 is 0 Å². The van der Waals surface area contributed by atoms with Gasteiger partial charge in [0.25, 0.3) is 0 Å². The van der Waals surface area contributed by atoms with Gasteiger partial charge in [-0.3, -0.25) is 9.59 Å². The summed E-state index contributed by atoms with van der Waals surface area (Å²) in [6, 6.07) is 5.05. The molecule has 5 heteroatoms. The summed E-state index contributed by atoms with van der Waals surface area (Å²) in [4.78, 5) is 27.1. The monoisotopic (exact) mass is 386 g/mol. The van der Waals surface area contributed by atoms with E-state index in [-0.39, 0.29) is 23.5 Å². The quantitative estimate of drug-likeness (QED) is 0.836. The second kappa shape index (κ2) is 8.22. The van der Waals surface area contributed by atoms with Gasteiger partial charge in [0, 0.05) is 32.0 Å². The lowest BCUT2D eigenvalue weighted by atomic mass is 9.85. The van der Waals surface area contributed by atoms with E-state index in [1.807, 2.05) is 11.0 Å². The molecule has 0 aromatic heterocycles. The number of carbonyl (C=O) groups is 2. The predicted octanol–water partition coefficient (Wildman–Crippen LogP) is 3.82. The third-order valence-electron chi connectivity index (χ3n) is 7.24. The molecular weight excluding hydrogens is 355 g/mol. The first-order valence-corrected chi connectivity index (χ1v) is 10.8. The van der Waals surface area contributed by atoms with Crippen molar-refractivity contribution in [3.63, 3.8) is 0 Å². The summed E-state index contributed by atoms with van der Waals surface area (Å²) in [6.45, 7) is 3.43. The highest BCUT2D eigenvalue weighted by Crippen LogP contribution is 2.49. The standard InChI is InChI=1S/C23H31FN2O2/c1-15-2-3-17(12-21(15)24)14-25-23(28)18-6-8-26(9-7-18)22(27)13-20-11-16-4-5-19(20)10-16/h2-3,12,16,18-20H,4-11,13-14H2,1H3,(H,25,28)/t16-,19-,20-/m0/s1. The van der Waals surface area contributed by atoms with Crippen molar-refractivity contribution in [2.24, 2.45) is 23.7 Å². The molecule has 1 heterocycles. The molecule has 2 bridgehead atoms. The van der Waals surface area contributed by atoms with E-state index in [2.05, 4.69) is 5.32 Å². The molecular formula is C23H31FN2O2. The summed E-state index contributed by atoms with van der Waals surface area (Å²) in [5, 5.41) is 2.93.